The molecule has 3 heteroatoms. The van der Waals surface area contributed by atoms with Gasteiger partial charge in [0.05, 0.1) is 6.04 Å². The highest BCUT2D eigenvalue weighted by Crippen LogP contribution is 2.22. The summed E-state index contributed by atoms with van der Waals surface area (Å²) in [5.41, 5.74) is 0.830. The average molecular weight is 277 g/mol. The van der Waals surface area contributed by atoms with Gasteiger partial charge in [-0.05, 0) is 56.2 Å². The number of carbonyl (C=O) groups is 1. The van der Waals surface area contributed by atoms with E-state index in [4.69, 9.17) is 0 Å². The summed E-state index contributed by atoms with van der Waals surface area (Å²) in [6.07, 6.45) is 8.49. The van der Waals surface area contributed by atoms with Crippen molar-refractivity contribution >= 4 is 6.29 Å². The van der Waals surface area contributed by atoms with Gasteiger partial charge in [0, 0.05) is 0 Å². The van der Waals surface area contributed by atoms with Gasteiger partial charge in [0.25, 0.3) is 0 Å². The molecule has 1 N–H and O–H groups in total. The summed E-state index contributed by atoms with van der Waals surface area (Å²) in [6.45, 7) is 0.946. The zero-order valence-electron chi connectivity index (χ0n) is 12.0. The first-order valence-corrected chi connectivity index (χ1v) is 7.71. The van der Waals surface area contributed by atoms with Crippen molar-refractivity contribution in [3.8, 4) is 0 Å². The van der Waals surface area contributed by atoms with E-state index < -0.39 is 0 Å². The molecule has 0 amide bonds. The summed E-state index contributed by atoms with van der Waals surface area (Å²) in [7, 11) is 0. The Balaban J connectivity index is 1.66. The van der Waals surface area contributed by atoms with Crippen LogP contribution >= 0.6 is 0 Å². The molecule has 0 aliphatic carbocycles. The molecule has 1 aromatic rings. The smallest absolute Gasteiger partial charge is 0.136 e. The molecular weight excluding hydrogens is 253 g/mol. The minimum Gasteiger partial charge on any atom is -0.308 e. The van der Waals surface area contributed by atoms with Gasteiger partial charge in [-0.3, -0.25) is 0 Å². The molecule has 0 bridgehead atoms. The largest absolute Gasteiger partial charge is 0.308 e. The van der Waals surface area contributed by atoms with Crippen molar-refractivity contribution in [1.29, 1.82) is 0 Å². The predicted octanol–water partition coefficient (Wildman–Crippen LogP) is 3.50. The van der Waals surface area contributed by atoms with Gasteiger partial charge >= 0.3 is 0 Å². The second kappa shape index (κ2) is 8.15. The van der Waals surface area contributed by atoms with Crippen molar-refractivity contribution in [3.63, 3.8) is 0 Å². The summed E-state index contributed by atoms with van der Waals surface area (Å²) in [5, 5.41) is 3.27. The lowest BCUT2D eigenvalue weighted by Gasteiger charge is -2.13. The van der Waals surface area contributed by atoms with Crippen molar-refractivity contribution in [2.24, 2.45) is 5.92 Å². The zero-order valence-corrected chi connectivity index (χ0v) is 12.0. The summed E-state index contributed by atoms with van der Waals surface area (Å²) >= 11 is 0. The molecule has 0 aromatic heterocycles. The number of benzene rings is 1. The minimum absolute atomic E-state index is 0.0541. The van der Waals surface area contributed by atoms with E-state index in [1.165, 1.54) is 12.5 Å². The highest BCUT2D eigenvalue weighted by atomic mass is 19.1. The first kappa shape index (κ1) is 15.2. The van der Waals surface area contributed by atoms with Crippen molar-refractivity contribution < 1.29 is 9.18 Å². The third-order valence-corrected chi connectivity index (χ3v) is 4.28. The molecule has 2 rings (SSSR count). The fourth-order valence-electron chi connectivity index (χ4n) is 2.99. The van der Waals surface area contributed by atoms with Crippen LogP contribution < -0.4 is 5.32 Å². The quantitative estimate of drug-likeness (QED) is 0.637. The molecule has 2 nitrogen and oxygen atoms in total. The van der Waals surface area contributed by atoms with Crippen LogP contribution in [0.5, 0.6) is 0 Å². The Bertz CT molecular complexity index is 421. The molecule has 1 aliphatic heterocycles. The molecule has 1 aliphatic rings. The van der Waals surface area contributed by atoms with Gasteiger partial charge in [-0.15, -0.1) is 0 Å². The number of nitrogens with one attached hydrogen (secondary N) is 1. The maximum absolute atomic E-state index is 13.5. The second-order valence-electron chi connectivity index (χ2n) is 5.77. The first-order valence-electron chi connectivity index (χ1n) is 7.71. The molecule has 0 saturated carbocycles. The number of rotatable bonds is 6. The Labute approximate surface area is 120 Å². The predicted molar refractivity (Wildman–Crippen MR) is 79.2 cm³/mol. The molecular formula is C17H24FNO. The number of hydrogen-bond acceptors (Lipinski definition) is 2. The van der Waals surface area contributed by atoms with Crippen LogP contribution in [0.15, 0.2) is 24.3 Å². The summed E-state index contributed by atoms with van der Waals surface area (Å²) < 4.78 is 13.5. The van der Waals surface area contributed by atoms with Crippen molar-refractivity contribution in [2.75, 3.05) is 6.54 Å². The van der Waals surface area contributed by atoms with E-state index >= 15 is 0 Å². The zero-order chi connectivity index (χ0) is 14.2. The maximum atomic E-state index is 13.5. The highest BCUT2D eigenvalue weighted by Gasteiger charge is 2.17. The molecule has 110 valence electrons. The number of carbonyl (C=O) groups excluding carboxylic acids is 1. The van der Waals surface area contributed by atoms with E-state index in [1.807, 2.05) is 12.1 Å². The molecule has 2 atom stereocenters. The lowest BCUT2D eigenvalue weighted by molar-refractivity contribution is -0.109. The number of aryl methyl sites for hydroxylation is 1. The summed E-state index contributed by atoms with van der Waals surface area (Å²) in [6, 6.07) is 7.10. The molecule has 2 unspecified atom stereocenters. The topological polar surface area (TPSA) is 29.1 Å². The van der Waals surface area contributed by atoms with Gasteiger partial charge in [0.1, 0.15) is 12.1 Å². The minimum atomic E-state index is -0.0833. The van der Waals surface area contributed by atoms with Crippen LogP contribution in [-0.2, 0) is 11.2 Å². The van der Waals surface area contributed by atoms with Crippen molar-refractivity contribution in [2.45, 2.75) is 51.0 Å². The van der Waals surface area contributed by atoms with Gasteiger partial charge in [-0.25, -0.2) is 4.39 Å². The first-order chi connectivity index (χ1) is 9.79. The Morgan fingerprint density at radius 2 is 2.05 bits per heavy atom. The van der Waals surface area contributed by atoms with Crippen LogP contribution in [0.2, 0.25) is 0 Å². The van der Waals surface area contributed by atoms with Gasteiger partial charge in [0.15, 0.2) is 0 Å². The maximum Gasteiger partial charge on any atom is 0.136 e. The standard InChI is InChI=1S/C17H24FNO/c18-17-8-4-3-7-15(17)6-2-1-5-14-9-10-16(13-20)19-12-11-14/h3-4,7-8,13-14,16,19H,1-2,5-6,9-12H2. The fourth-order valence-corrected chi connectivity index (χ4v) is 2.99. The Morgan fingerprint density at radius 3 is 2.85 bits per heavy atom. The second-order valence-corrected chi connectivity index (χ2v) is 5.77. The van der Waals surface area contributed by atoms with Crippen molar-refractivity contribution in [3.05, 3.63) is 35.6 Å². The van der Waals surface area contributed by atoms with E-state index in [0.717, 1.165) is 56.9 Å². The monoisotopic (exact) mass is 277 g/mol. The fraction of sp³-hybridized carbons (Fsp3) is 0.588. The molecule has 0 radical (unpaired) electrons. The van der Waals surface area contributed by atoms with E-state index in [2.05, 4.69) is 5.32 Å². The number of hydrogen-bond donors (Lipinski definition) is 1. The molecule has 20 heavy (non-hydrogen) atoms. The highest BCUT2D eigenvalue weighted by molar-refractivity contribution is 5.57. The van der Waals surface area contributed by atoms with E-state index in [0.29, 0.717) is 5.92 Å². The van der Waals surface area contributed by atoms with Crippen LogP contribution in [0.3, 0.4) is 0 Å². The van der Waals surface area contributed by atoms with E-state index in [9.17, 15) is 9.18 Å². The third-order valence-electron chi connectivity index (χ3n) is 4.28. The Hall–Kier alpha value is -1.22. The third kappa shape index (κ3) is 4.71. The average Bonchev–Trinajstić information content (AvgIpc) is 2.70. The van der Waals surface area contributed by atoms with Crippen LogP contribution in [0.1, 0.15) is 44.1 Å². The normalized spacial score (nSPS) is 23.2. The Morgan fingerprint density at radius 1 is 1.20 bits per heavy atom. The number of halogens is 1. The van der Waals surface area contributed by atoms with Gasteiger partial charge in [0.2, 0.25) is 0 Å². The van der Waals surface area contributed by atoms with Crippen LogP contribution in [-0.4, -0.2) is 18.9 Å². The molecule has 0 spiro atoms. The van der Waals surface area contributed by atoms with Gasteiger partial charge in [-0.2, -0.15) is 0 Å². The van der Waals surface area contributed by atoms with Crippen LogP contribution in [0, 0.1) is 11.7 Å². The van der Waals surface area contributed by atoms with Crippen molar-refractivity contribution in [1.82, 2.24) is 5.32 Å². The Kier molecular flexibility index (Phi) is 6.19. The van der Waals surface area contributed by atoms with Crippen LogP contribution in [0.4, 0.5) is 4.39 Å². The lowest BCUT2D eigenvalue weighted by Crippen LogP contribution is -2.29. The summed E-state index contributed by atoms with van der Waals surface area (Å²) in [5.74, 6) is 0.632. The lowest BCUT2D eigenvalue weighted by atomic mass is 9.92. The molecule has 1 fully saturated rings. The molecule has 1 heterocycles. The van der Waals surface area contributed by atoms with Gasteiger partial charge in [-0.1, -0.05) is 31.0 Å². The molecule has 1 aromatic carbocycles. The van der Waals surface area contributed by atoms with Gasteiger partial charge < -0.3 is 10.1 Å². The van der Waals surface area contributed by atoms with Crippen LogP contribution in [0.25, 0.3) is 0 Å². The van der Waals surface area contributed by atoms with E-state index in [-0.39, 0.29) is 11.9 Å². The molecule has 1 saturated heterocycles. The van der Waals surface area contributed by atoms with E-state index in [1.54, 1.807) is 6.07 Å². The number of unbranched alkanes of at least 4 members (excludes halogenated alkanes) is 1. The number of aldehydes is 1. The summed E-state index contributed by atoms with van der Waals surface area (Å²) in [4.78, 5) is 10.8. The SMILES string of the molecule is O=CC1CCC(CCCCc2ccccc2F)CCN1.